The van der Waals surface area contributed by atoms with Crippen LogP contribution in [0.4, 0.5) is 0 Å². The van der Waals surface area contributed by atoms with E-state index in [9.17, 15) is 14.4 Å². The van der Waals surface area contributed by atoms with Gasteiger partial charge in [-0.25, -0.2) is 0 Å². The minimum Gasteiger partial charge on any atom is -0.462 e. The van der Waals surface area contributed by atoms with Gasteiger partial charge >= 0.3 is 5.97 Å². The molecule has 5 rings (SSSR count). The first kappa shape index (κ1) is 30.3. The third kappa shape index (κ3) is 6.71. The fourth-order valence-electron chi connectivity index (χ4n) is 6.98. The van der Waals surface area contributed by atoms with Crippen molar-refractivity contribution in [3.8, 4) is 0 Å². The van der Waals surface area contributed by atoms with Crippen LogP contribution in [0.1, 0.15) is 131 Å². The lowest BCUT2D eigenvalue weighted by molar-refractivity contribution is -0.158. The molecule has 1 heterocycles. The quantitative estimate of drug-likeness (QED) is 0.0839. The van der Waals surface area contributed by atoms with E-state index in [1.807, 2.05) is 24.3 Å². The smallest absolute Gasteiger partial charge is 0.311 e. The number of benzene rings is 3. The van der Waals surface area contributed by atoms with Crippen molar-refractivity contribution in [1.82, 2.24) is 4.90 Å². The van der Waals surface area contributed by atoms with E-state index >= 15 is 0 Å². The molecule has 1 aliphatic carbocycles. The van der Waals surface area contributed by atoms with Gasteiger partial charge in [-0.3, -0.25) is 19.3 Å². The zero-order chi connectivity index (χ0) is 29.5. The summed E-state index contributed by atoms with van der Waals surface area (Å²) in [4.78, 5) is 42.7. The van der Waals surface area contributed by atoms with Crippen LogP contribution >= 0.6 is 0 Å². The molecule has 2 amide bonds. The molecule has 1 aliphatic heterocycles. The predicted molar refractivity (Wildman–Crippen MR) is 170 cm³/mol. The highest BCUT2D eigenvalue weighted by molar-refractivity contribution is 6.23. The summed E-state index contributed by atoms with van der Waals surface area (Å²) in [6.07, 6.45) is 15.3. The van der Waals surface area contributed by atoms with Crippen molar-refractivity contribution in [2.75, 3.05) is 0 Å². The molecule has 0 radical (unpaired) electrons. The van der Waals surface area contributed by atoms with E-state index in [2.05, 4.69) is 38.1 Å². The minimum atomic E-state index is -0.462. The molecule has 3 aromatic rings. The summed E-state index contributed by atoms with van der Waals surface area (Å²) in [5.41, 5.74) is 0.891. The summed E-state index contributed by atoms with van der Waals surface area (Å²) in [6, 6.07) is 15.5. The maximum atomic E-state index is 13.8. The Labute approximate surface area is 251 Å². The molecule has 3 atom stereocenters. The van der Waals surface area contributed by atoms with Gasteiger partial charge in [0.2, 0.25) is 0 Å². The Kier molecular flexibility index (Phi) is 10.3. The van der Waals surface area contributed by atoms with Gasteiger partial charge in [0.15, 0.2) is 0 Å². The monoisotopic (exact) mass is 569 g/mol. The van der Waals surface area contributed by atoms with Crippen LogP contribution in [0.2, 0.25) is 0 Å². The largest absolute Gasteiger partial charge is 0.462 e. The normalized spacial score (nSPS) is 19.4. The van der Waals surface area contributed by atoms with Gasteiger partial charge in [0, 0.05) is 0 Å². The van der Waals surface area contributed by atoms with Crippen LogP contribution in [0.5, 0.6) is 0 Å². The topological polar surface area (TPSA) is 63.7 Å². The van der Waals surface area contributed by atoms with E-state index in [1.165, 1.54) is 43.4 Å². The number of imide groups is 1. The molecule has 1 fully saturated rings. The highest BCUT2D eigenvalue weighted by Gasteiger charge is 2.46. The van der Waals surface area contributed by atoms with Gasteiger partial charge < -0.3 is 4.74 Å². The van der Waals surface area contributed by atoms with Gasteiger partial charge in [0.05, 0.1) is 23.1 Å². The molecule has 0 bridgehead atoms. The molecule has 0 unspecified atom stereocenters. The Bertz CT molecular complexity index is 1340. The number of amides is 2. The lowest BCUT2D eigenvalue weighted by atomic mass is 9.83. The molecule has 1 saturated carbocycles. The molecule has 3 aromatic carbocycles. The Morgan fingerprint density at radius 3 is 1.83 bits per heavy atom. The van der Waals surface area contributed by atoms with Gasteiger partial charge in [0.1, 0.15) is 6.10 Å². The number of hydrogen-bond donors (Lipinski definition) is 0. The van der Waals surface area contributed by atoms with Crippen LogP contribution in [0, 0.1) is 5.92 Å². The van der Waals surface area contributed by atoms with Crippen molar-refractivity contribution < 1.29 is 19.1 Å². The summed E-state index contributed by atoms with van der Waals surface area (Å²) >= 11 is 0. The highest BCUT2D eigenvalue weighted by atomic mass is 16.5. The van der Waals surface area contributed by atoms with Crippen molar-refractivity contribution >= 4 is 39.3 Å². The van der Waals surface area contributed by atoms with Gasteiger partial charge in [-0.05, 0) is 84.3 Å². The number of nitrogens with zero attached hydrogens (tertiary/aromatic N) is 1. The number of esters is 1. The standard InChI is InChI=1S/C37H47NO4/c1-3-5-7-9-11-19-30(18-10-8-6-4-2)42-37(41)31-20-14-15-21-34(31)38-35(39)32-24-28-22-26-16-12-13-17-27(26)23-29(28)25-33(32)36(38)40/h12-13,16-17,22-25,30-31,34H,3-11,14-15,18-21H2,1-2H3/t30-,31+,34+/m1/s1. The molecular formula is C37H47NO4. The fraction of sp³-hybridized carbons (Fsp3) is 0.541. The minimum absolute atomic E-state index is 0.0832. The lowest BCUT2D eigenvalue weighted by Gasteiger charge is -2.36. The molecule has 0 aromatic heterocycles. The SMILES string of the molecule is CCCCCCC[C@@H](CCCCCC)OC(=O)[C@H]1CCCC[C@@H]1N1C(=O)c2cc3cc4ccccc4cc3cc2C1=O. The van der Waals surface area contributed by atoms with E-state index in [4.69, 9.17) is 4.74 Å². The van der Waals surface area contributed by atoms with E-state index in [1.54, 1.807) is 0 Å². The number of ether oxygens (including phenoxy) is 1. The van der Waals surface area contributed by atoms with Crippen LogP contribution in [0.15, 0.2) is 48.5 Å². The Hall–Kier alpha value is -3.21. The summed E-state index contributed by atoms with van der Waals surface area (Å²) in [6.45, 7) is 4.43. The number of fused-ring (bicyclic) bond motifs is 3. The van der Waals surface area contributed by atoms with Gasteiger partial charge in [0.25, 0.3) is 11.8 Å². The Morgan fingerprint density at radius 1 is 0.738 bits per heavy atom. The maximum Gasteiger partial charge on any atom is 0.311 e. The second-order valence-corrected chi connectivity index (χ2v) is 12.5. The van der Waals surface area contributed by atoms with Crippen LogP contribution < -0.4 is 0 Å². The second-order valence-electron chi connectivity index (χ2n) is 12.5. The third-order valence-electron chi connectivity index (χ3n) is 9.40. The molecule has 0 saturated heterocycles. The highest BCUT2D eigenvalue weighted by Crippen LogP contribution is 2.37. The van der Waals surface area contributed by atoms with Crippen molar-refractivity contribution in [2.45, 2.75) is 122 Å². The zero-order valence-electron chi connectivity index (χ0n) is 25.5. The van der Waals surface area contributed by atoms with Crippen molar-refractivity contribution in [1.29, 1.82) is 0 Å². The van der Waals surface area contributed by atoms with Crippen LogP contribution in [0.3, 0.4) is 0 Å². The fourth-order valence-corrected chi connectivity index (χ4v) is 6.98. The summed E-state index contributed by atoms with van der Waals surface area (Å²) in [5, 5.41) is 4.09. The summed E-state index contributed by atoms with van der Waals surface area (Å²) in [5.74, 6) is -1.23. The number of unbranched alkanes of at least 4 members (excludes halogenated alkanes) is 7. The van der Waals surface area contributed by atoms with Gasteiger partial charge in [-0.1, -0.05) is 95.9 Å². The first-order valence-corrected chi connectivity index (χ1v) is 16.6. The van der Waals surface area contributed by atoms with Gasteiger partial charge in [-0.2, -0.15) is 0 Å². The number of carbonyl (C=O) groups is 3. The molecule has 224 valence electrons. The number of carbonyl (C=O) groups excluding carboxylic acids is 3. The molecule has 42 heavy (non-hydrogen) atoms. The van der Waals surface area contributed by atoms with Gasteiger partial charge in [-0.15, -0.1) is 0 Å². The first-order chi connectivity index (χ1) is 20.5. The van der Waals surface area contributed by atoms with Crippen LogP contribution in [-0.2, 0) is 9.53 Å². The van der Waals surface area contributed by atoms with Crippen molar-refractivity contribution in [3.05, 3.63) is 59.7 Å². The summed E-state index contributed by atoms with van der Waals surface area (Å²) in [7, 11) is 0. The zero-order valence-corrected chi connectivity index (χ0v) is 25.5. The molecule has 2 aliphatic rings. The second kappa shape index (κ2) is 14.3. The Balaban J connectivity index is 1.33. The predicted octanol–water partition coefficient (Wildman–Crippen LogP) is 9.39. The molecule has 0 spiro atoms. The van der Waals surface area contributed by atoms with Crippen molar-refractivity contribution in [2.24, 2.45) is 5.92 Å². The van der Waals surface area contributed by atoms with E-state index in [0.717, 1.165) is 66.5 Å². The molecule has 5 heteroatoms. The molecular weight excluding hydrogens is 522 g/mol. The van der Waals surface area contributed by atoms with Crippen molar-refractivity contribution in [3.63, 3.8) is 0 Å². The lowest BCUT2D eigenvalue weighted by Crippen LogP contribution is -2.49. The van der Waals surface area contributed by atoms with E-state index < -0.39 is 12.0 Å². The molecule has 0 N–H and O–H groups in total. The Morgan fingerprint density at radius 2 is 1.26 bits per heavy atom. The van der Waals surface area contributed by atoms with Crippen LogP contribution in [0.25, 0.3) is 21.5 Å². The maximum absolute atomic E-state index is 13.8. The van der Waals surface area contributed by atoms with E-state index in [-0.39, 0.29) is 23.9 Å². The molecule has 5 nitrogen and oxygen atoms in total. The number of rotatable bonds is 14. The third-order valence-corrected chi connectivity index (χ3v) is 9.40. The number of hydrogen-bond acceptors (Lipinski definition) is 4. The first-order valence-electron chi connectivity index (χ1n) is 16.6. The van der Waals surface area contributed by atoms with E-state index in [0.29, 0.717) is 24.0 Å². The van der Waals surface area contributed by atoms with Crippen LogP contribution in [-0.4, -0.2) is 34.8 Å². The average Bonchev–Trinajstić information content (AvgIpc) is 3.24. The average molecular weight is 570 g/mol. The summed E-state index contributed by atoms with van der Waals surface area (Å²) < 4.78 is 6.23.